The summed E-state index contributed by atoms with van der Waals surface area (Å²) in [7, 11) is 0. The third kappa shape index (κ3) is 2.42. The molecule has 3 aromatic rings. The van der Waals surface area contributed by atoms with Crippen LogP contribution in [0, 0.1) is 13.8 Å². The van der Waals surface area contributed by atoms with Crippen molar-refractivity contribution in [2.45, 2.75) is 33.2 Å². The van der Waals surface area contributed by atoms with E-state index in [4.69, 9.17) is 21.0 Å². The van der Waals surface area contributed by atoms with E-state index in [1.807, 2.05) is 26.8 Å². The van der Waals surface area contributed by atoms with Crippen LogP contribution in [0.15, 0.2) is 22.9 Å². The van der Waals surface area contributed by atoms with Crippen LogP contribution >= 0.6 is 11.6 Å². The molecule has 0 saturated heterocycles. The molecule has 0 aliphatic carbocycles. The SMILES string of the molecule is Cc1cnc(C(C)n2c(CCCl)nc3c(C)ccnc32)o1. The van der Waals surface area contributed by atoms with E-state index in [1.54, 1.807) is 12.4 Å². The number of hydrogen-bond acceptors (Lipinski definition) is 4. The molecule has 0 spiro atoms. The standard InChI is InChI=1S/C15H17ClN4O/c1-9-5-7-17-14-13(9)19-12(4-6-16)20(14)11(3)15-18-8-10(2)21-15/h5,7-8,11H,4,6H2,1-3H3. The normalized spacial score (nSPS) is 13.0. The predicted molar refractivity (Wildman–Crippen MR) is 81.7 cm³/mol. The predicted octanol–water partition coefficient (Wildman–Crippen LogP) is 3.43. The van der Waals surface area contributed by atoms with Crippen LogP contribution < -0.4 is 0 Å². The number of nitrogens with zero attached hydrogens (tertiary/aromatic N) is 4. The molecule has 21 heavy (non-hydrogen) atoms. The number of pyridine rings is 1. The first-order valence-electron chi connectivity index (χ1n) is 6.92. The monoisotopic (exact) mass is 304 g/mol. The Kier molecular flexibility index (Phi) is 3.68. The Labute approximate surface area is 128 Å². The Morgan fingerprint density at radius 3 is 2.81 bits per heavy atom. The van der Waals surface area contributed by atoms with Gasteiger partial charge in [-0.1, -0.05) is 0 Å². The van der Waals surface area contributed by atoms with Gasteiger partial charge in [0.05, 0.1) is 6.20 Å². The van der Waals surface area contributed by atoms with Crippen molar-refractivity contribution in [3.63, 3.8) is 0 Å². The van der Waals surface area contributed by atoms with Gasteiger partial charge in [0.2, 0.25) is 5.89 Å². The van der Waals surface area contributed by atoms with Gasteiger partial charge in [-0.2, -0.15) is 0 Å². The molecular weight excluding hydrogens is 288 g/mol. The number of aromatic nitrogens is 4. The van der Waals surface area contributed by atoms with E-state index in [2.05, 4.69) is 14.5 Å². The maximum Gasteiger partial charge on any atom is 0.217 e. The molecule has 110 valence electrons. The van der Waals surface area contributed by atoms with Gasteiger partial charge < -0.3 is 8.98 Å². The zero-order chi connectivity index (χ0) is 15.0. The molecule has 0 N–H and O–H groups in total. The van der Waals surface area contributed by atoms with Crippen molar-refractivity contribution in [2.75, 3.05) is 5.88 Å². The Balaban J connectivity index is 2.19. The maximum absolute atomic E-state index is 5.92. The fourth-order valence-corrected chi connectivity index (χ4v) is 2.67. The topological polar surface area (TPSA) is 56.7 Å². The van der Waals surface area contributed by atoms with Crippen molar-refractivity contribution in [1.29, 1.82) is 0 Å². The zero-order valence-electron chi connectivity index (χ0n) is 12.3. The Morgan fingerprint density at radius 1 is 1.33 bits per heavy atom. The summed E-state index contributed by atoms with van der Waals surface area (Å²) in [4.78, 5) is 13.5. The Morgan fingerprint density at radius 2 is 2.14 bits per heavy atom. The van der Waals surface area contributed by atoms with Gasteiger partial charge in [-0.05, 0) is 32.4 Å². The van der Waals surface area contributed by atoms with E-state index in [9.17, 15) is 0 Å². The number of oxazole rings is 1. The average molecular weight is 305 g/mol. The van der Waals surface area contributed by atoms with E-state index in [-0.39, 0.29) is 6.04 Å². The fourth-order valence-electron chi connectivity index (χ4n) is 2.50. The molecule has 5 nitrogen and oxygen atoms in total. The van der Waals surface area contributed by atoms with E-state index in [0.29, 0.717) is 18.2 Å². The highest BCUT2D eigenvalue weighted by Gasteiger charge is 2.21. The minimum Gasteiger partial charge on any atom is -0.444 e. The Bertz CT molecular complexity index is 777. The molecule has 1 unspecified atom stereocenters. The van der Waals surface area contributed by atoms with Crippen molar-refractivity contribution >= 4 is 22.8 Å². The lowest BCUT2D eigenvalue weighted by atomic mass is 10.2. The number of alkyl halides is 1. The molecule has 3 heterocycles. The quantitative estimate of drug-likeness (QED) is 0.693. The Hall–Kier alpha value is -1.88. The summed E-state index contributed by atoms with van der Waals surface area (Å²) in [5, 5.41) is 0. The van der Waals surface area contributed by atoms with Crippen molar-refractivity contribution < 1.29 is 4.42 Å². The summed E-state index contributed by atoms with van der Waals surface area (Å²) in [5.74, 6) is 2.88. The first kappa shape index (κ1) is 14.1. The average Bonchev–Trinajstić information content (AvgIpc) is 3.03. The summed E-state index contributed by atoms with van der Waals surface area (Å²) in [6.07, 6.45) is 4.21. The third-order valence-electron chi connectivity index (χ3n) is 3.56. The van der Waals surface area contributed by atoms with Gasteiger partial charge in [0.15, 0.2) is 5.65 Å². The number of imidazole rings is 1. The smallest absolute Gasteiger partial charge is 0.217 e. The van der Waals surface area contributed by atoms with Crippen molar-refractivity contribution in [3.05, 3.63) is 41.5 Å². The van der Waals surface area contributed by atoms with Crippen LogP contribution in [0.25, 0.3) is 11.2 Å². The number of hydrogen-bond donors (Lipinski definition) is 0. The highest BCUT2D eigenvalue weighted by atomic mass is 35.5. The zero-order valence-corrected chi connectivity index (χ0v) is 13.1. The number of aryl methyl sites for hydroxylation is 3. The molecule has 0 aliphatic heterocycles. The summed E-state index contributed by atoms with van der Waals surface area (Å²) in [5.41, 5.74) is 2.86. The maximum atomic E-state index is 5.92. The highest BCUT2D eigenvalue weighted by molar-refractivity contribution is 6.17. The van der Waals surface area contributed by atoms with E-state index in [1.165, 1.54) is 0 Å². The van der Waals surface area contributed by atoms with Crippen molar-refractivity contribution in [2.24, 2.45) is 0 Å². The van der Waals surface area contributed by atoms with Gasteiger partial charge in [0.1, 0.15) is 23.1 Å². The minimum absolute atomic E-state index is 0.0729. The minimum atomic E-state index is -0.0729. The molecule has 3 rings (SSSR count). The summed E-state index contributed by atoms with van der Waals surface area (Å²) in [6.45, 7) is 5.96. The molecule has 0 aliphatic rings. The van der Waals surface area contributed by atoms with Crippen LogP contribution in [0.2, 0.25) is 0 Å². The van der Waals surface area contributed by atoms with E-state index < -0.39 is 0 Å². The summed E-state index contributed by atoms with van der Waals surface area (Å²) in [6, 6.07) is 1.89. The molecule has 6 heteroatoms. The molecule has 1 atom stereocenters. The second-order valence-corrected chi connectivity index (χ2v) is 5.50. The lowest BCUT2D eigenvalue weighted by molar-refractivity contribution is 0.413. The molecule has 3 aromatic heterocycles. The van der Waals surface area contributed by atoms with Crippen LogP contribution in [0.3, 0.4) is 0 Å². The van der Waals surface area contributed by atoms with E-state index >= 15 is 0 Å². The van der Waals surface area contributed by atoms with Gasteiger partial charge >= 0.3 is 0 Å². The van der Waals surface area contributed by atoms with Gasteiger partial charge in [0, 0.05) is 18.5 Å². The summed E-state index contributed by atoms with van der Waals surface area (Å²) < 4.78 is 7.73. The van der Waals surface area contributed by atoms with Crippen LogP contribution in [0.4, 0.5) is 0 Å². The molecular formula is C15H17ClN4O. The van der Waals surface area contributed by atoms with Gasteiger partial charge in [-0.3, -0.25) is 0 Å². The largest absolute Gasteiger partial charge is 0.444 e. The van der Waals surface area contributed by atoms with Crippen molar-refractivity contribution in [1.82, 2.24) is 19.5 Å². The number of rotatable bonds is 4. The second-order valence-electron chi connectivity index (χ2n) is 5.12. The first-order chi connectivity index (χ1) is 10.1. The van der Waals surface area contributed by atoms with Crippen LogP contribution in [-0.4, -0.2) is 25.4 Å². The molecule has 0 saturated carbocycles. The van der Waals surface area contributed by atoms with Crippen molar-refractivity contribution in [3.8, 4) is 0 Å². The molecule has 0 amide bonds. The van der Waals surface area contributed by atoms with Crippen LogP contribution in [0.5, 0.6) is 0 Å². The summed E-state index contributed by atoms with van der Waals surface area (Å²) >= 11 is 5.92. The number of halogens is 1. The lowest BCUT2D eigenvalue weighted by Gasteiger charge is -2.13. The molecule has 0 radical (unpaired) electrons. The third-order valence-corrected chi connectivity index (χ3v) is 3.74. The first-order valence-corrected chi connectivity index (χ1v) is 7.46. The highest BCUT2D eigenvalue weighted by Crippen LogP contribution is 2.26. The van der Waals surface area contributed by atoms with Gasteiger partial charge in [-0.15, -0.1) is 11.6 Å². The molecule has 0 fully saturated rings. The van der Waals surface area contributed by atoms with E-state index in [0.717, 1.165) is 28.3 Å². The van der Waals surface area contributed by atoms with Gasteiger partial charge in [0.25, 0.3) is 0 Å². The lowest BCUT2D eigenvalue weighted by Crippen LogP contribution is -2.12. The fraction of sp³-hybridized carbons (Fsp3) is 0.400. The molecule has 0 bridgehead atoms. The van der Waals surface area contributed by atoms with Crippen LogP contribution in [-0.2, 0) is 6.42 Å². The van der Waals surface area contributed by atoms with Gasteiger partial charge in [-0.25, -0.2) is 15.0 Å². The van der Waals surface area contributed by atoms with Crippen LogP contribution in [0.1, 0.15) is 36.0 Å². The number of fused-ring (bicyclic) bond motifs is 1. The molecule has 0 aromatic carbocycles. The second kappa shape index (κ2) is 5.48.